The summed E-state index contributed by atoms with van der Waals surface area (Å²) in [4.78, 5) is 2.58. The molecule has 0 saturated carbocycles. The first-order chi connectivity index (χ1) is 9.28. The summed E-state index contributed by atoms with van der Waals surface area (Å²) in [6, 6.07) is 2.11. The number of piperidine rings is 1. The first kappa shape index (κ1) is 15.3. The van der Waals surface area contributed by atoms with Crippen LogP contribution in [0.2, 0.25) is 0 Å². The third kappa shape index (κ3) is 5.41. The van der Waals surface area contributed by atoms with Crippen molar-refractivity contribution < 1.29 is 0 Å². The van der Waals surface area contributed by atoms with Crippen molar-refractivity contribution >= 4 is 0 Å². The Bertz CT molecular complexity index is 236. The zero-order valence-electron chi connectivity index (χ0n) is 13.0. The second-order valence-electron chi connectivity index (χ2n) is 6.54. The van der Waals surface area contributed by atoms with Crippen molar-refractivity contribution in [3.8, 4) is 0 Å². The van der Waals surface area contributed by atoms with Gasteiger partial charge in [0, 0.05) is 24.7 Å². The van der Waals surface area contributed by atoms with Gasteiger partial charge in [0.1, 0.15) is 0 Å². The summed E-state index contributed by atoms with van der Waals surface area (Å²) < 4.78 is 0. The van der Waals surface area contributed by atoms with Gasteiger partial charge in [-0.3, -0.25) is 0 Å². The average molecular weight is 267 g/mol. The van der Waals surface area contributed by atoms with Crippen LogP contribution in [0.1, 0.15) is 58.8 Å². The molecule has 0 aromatic heterocycles. The summed E-state index contributed by atoms with van der Waals surface area (Å²) in [5.41, 5.74) is 0. The van der Waals surface area contributed by atoms with E-state index in [4.69, 9.17) is 0 Å². The van der Waals surface area contributed by atoms with Gasteiger partial charge in [0.15, 0.2) is 0 Å². The maximum Gasteiger partial charge on any atom is 0.0197 e. The Morgan fingerprint density at radius 2 is 2.11 bits per heavy atom. The van der Waals surface area contributed by atoms with Gasteiger partial charge in [0.2, 0.25) is 0 Å². The van der Waals surface area contributed by atoms with E-state index < -0.39 is 0 Å². The van der Waals surface area contributed by atoms with E-state index in [1.807, 2.05) is 0 Å². The van der Waals surface area contributed by atoms with Crippen LogP contribution in [0.25, 0.3) is 0 Å². The minimum absolute atomic E-state index is 0.650. The highest BCUT2D eigenvalue weighted by atomic mass is 15.2. The first-order valence-corrected chi connectivity index (χ1v) is 8.49. The monoisotopic (exact) mass is 267 g/mol. The Morgan fingerprint density at radius 1 is 1.21 bits per heavy atom. The van der Waals surface area contributed by atoms with Gasteiger partial charge in [0.05, 0.1) is 0 Å². The van der Waals surface area contributed by atoms with Gasteiger partial charge < -0.3 is 15.5 Å². The fourth-order valence-electron chi connectivity index (χ4n) is 3.68. The summed E-state index contributed by atoms with van der Waals surface area (Å²) in [5, 5.41) is 7.59. The van der Waals surface area contributed by atoms with Crippen LogP contribution in [-0.2, 0) is 0 Å². The van der Waals surface area contributed by atoms with E-state index in [-0.39, 0.29) is 0 Å². The molecule has 0 aromatic rings. The molecule has 0 spiro atoms. The molecule has 112 valence electrons. The number of rotatable bonds is 5. The molecule has 3 nitrogen and oxygen atoms in total. The summed E-state index contributed by atoms with van der Waals surface area (Å²) in [6.07, 6.45) is 9.59. The summed E-state index contributed by atoms with van der Waals surface area (Å²) in [7, 11) is 0. The van der Waals surface area contributed by atoms with Crippen molar-refractivity contribution in [2.75, 3.05) is 26.2 Å². The van der Waals surface area contributed by atoms with Gasteiger partial charge in [-0.1, -0.05) is 19.8 Å². The fourth-order valence-corrected chi connectivity index (χ4v) is 3.68. The zero-order valence-corrected chi connectivity index (χ0v) is 13.0. The lowest BCUT2D eigenvalue weighted by Gasteiger charge is -2.34. The van der Waals surface area contributed by atoms with Crippen molar-refractivity contribution in [2.45, 2.75) is 76.9 Å². The lowest BCUT2D eigenvalue weighted by molar-refractivity contribution is 0.188. The molecule has 2 fully saturated rings. The second kappa shape index (κ2) is 8.23. The summed E-state index contributed by atoms with van der Waals surface area (Å²) in [5.74, 6) is 0. The molecule has 2 aliphatic heterocycles. The van der Waals surface area contributed by atoms with E-state index in [9.17, 15) is 0 Å². The molecule has 2 aliphatic rings. The second-order valence-corrected chi connectivity index (χ2v) is 6.54. The Labute approximate surface area is 119 Å². The van der Waals surface area contributed by atoms with Crippen LogP contribution in [-0.4, -0.2) is 49.2 Å². The first-order valence-electron chi connectivity index (χ1n) is 8.49. The van der Waals surface area contributed by atoms with Crippen LogP contribution in [0.5, 0.6) is 0 Å². The van der Waals surface area contributed by atoms with Crippen LogP contribution >= 0.6 is 0 Å². The molecule has 3 unspecified atom stereocenters. The molecule has 2 N–H and O–H groups in total. The van der Waals surface area contributed by atoms with Crippen LogP contribution in [0.3, 0.4) is 0 Å². The highest BCUT2D eigenvalue weighted by Crippen LogP contribution is 2.15. The van der Waals surface area contributed by atoms with Crippen LogP contribution in [0.4, 0.5) is 0 Å². The Hall–Kier alpha value is -0.120. The molecule has 3 atom stereocenters. The molecular weight excluding hydrogens is 234 g/mol. The van der Waals surface area contributed by atoms with Gasteiger partial charge in [-0.25, -0.2) is 0 Å². The predicted octanol–water partition coefficient (Wildman–Crippen LogP) is 2.37. The number of likely N-dealkylation sites (N-methyl/N-ethyl adjacent to an activating group) is 1. The fraction of sp³-hybridized carbons (Fsp3) is 1.00. The molecule has 2 heterocycles. The minimum atomic E-state index is 0.650. The third-order valence-corrected chi connectivity index (χ3v) is 4.77. The Morgan fingerprint density at radius 3 is 2.95 bits per heavy atom. The van der Waals surface area contributed by atoms with E-state index in [1.54, 1.807) is 0 Å². The summed E-state index contributed by atoms with van der Waals surface area (Å²) in [6.45, 7) is 9.63. The van der Waals surface area contributed by atoms with Crippen LogP contribution in [0, 0.1) is 0 Å². The molecule has 0 bridgehead atoms. The van der Waals surface area contributed by atoms with E-state index in [1.165, 1.54) is 71.1 Å². The molecule has 0 aliphatic carbocycles. The highest BCUT2D eigenvalue weighted by Gasteiger charge is 2.21. The van der Waals surface area contributed by atoms with Crippen LogP contribution in [0.15, 0.2) is 0 Å². The van der Waals surface area contributed by atoms with Crippen molar-refractivity contribution in [2.24, 2.45) is 0 Å². The lowest BCUT2D eigenvalue weighted by Crippen LogP contribution is -2.49. The Balaban J connectivity index is 1.69. The smallest absolute Gasteiger partial charge is 0.0197 e. The summed E-state index contributed by atoms with van der Waals surface area (Å²) >= 11 is 0. The standard InChI is InChI=1S/C16H33N3/c1-3-19-11-7-9-16(13-19)18-14(2)12-15-8-5-4-6-10-17-15/h14-18H,3-13H2,1-2H3. The predicted molar refractivity (Wildman–Crippen MR) is 82.6 cm³/mol. The van der Waals surface area contributed by atoms with E-state index >= 15 is 0 Å². The van der Waals surface area contributed by atoms with Crippen molar-refractivity contribution in [3.63, 3.8) is 0 Å². The van der Waals surface area contributed by atoms with Crippen molar-refractivity contribution in [3.05, 3.63) is 0 Å². The Kier molecular flexibility index (Phi) is 6.62. The van der Waals surface area contributed by atoms with Gasteiger partial charge in [-0.2, -0.15) is 0 Å². The number of nitrogens with zero attached hydrogens (tertiary/aromatic N) is 1. The molecule has 0 aromatic carbocycles. The number of nitrogens with one attached hydrogen (secondary N) is 2. The number of hydrogen-bond donors (Lipinski definition) is 2. The maximum atomic E-state index is 3.87. The van der Waals surface area contributed by atoms with Crippen molar-refractivity contribution in [1.29, 1.82) is 0 Å². The molecule has 0 radical (unpaired) electrons. The van der Waals surface area contributed by atoms with Gasteiger partial charge >= 0.3 is 0 Å². The quantitative estimate of drug-likeness (QED) is 0.801. The van der Waals surface area contributed by atoms with Gasteiger partial charge in [-0.15, -0.1) is 0 Å². The maximum absolute atomic E-state index is 3.87. The normalized spacial score (nSPS) is 31.9. The van der Waals surface area contributed by atoms with Gasteiger partial charge in [-0.05, 0) is 58.7 Å². The number of hydrogen-bond acceptors (Lipinski definition) is 3. The minimum Gasteiger partial charge on any atom is -0.314 e. The molecule has 2 saturated heterocycles. The van der Waals surface area contributed by atoms with Crippen LogP contribution < -0.4 is 10.6 Å². The molecule has 3 heteroatoms. The van der Waals surface area contributed by atoms with Crippen molar-refractivity contribution in [1.82, 2.24) is 15.5 Å². The SMILES string of the molecule is CCN1CCCC(NC(C)CC2CCCCCN2)C1. The van der Waals surface area contributed by atoms with E-state index in [0.29, 0.717) is 6.04 Å². The highest BCUT2D eigenvalue weighted by molar-refractivity contribution is 4.82. The molecule has 2 rings (SSSR count). The van der Waals surface area contributed by atoms with E-state index in [2.05, 4.69) is 29.4 Å². The average Bonchev–Trinajstić information content (AvgIpc) is 2.67. The zero-order chi connectivity index (χ0) is 13.5. The topological polar surface area (TPSA) is 27.3 Å². The largest absolute Gasteiger partial charge is 0.314 e. The molecule has 19 heavy (non-hydrogen) atoms. The molecular formula is C16H33N3. The lowest BCUT2D eigenvalue weighted by atomic mass is 10.0. The molecule has 0 amide bonds. The van der Waals surface area contributed by atoms with E-state index in [0.717, 1.165) is 12.1 Å². The third-order valence-electron chi connectivity index (χ3n) is 4.77. The number of likely N-dealkylation sites (tertiary alicyclic amines) is 1. The van der Waals surface area contributed by atoms with Gasteiger partial charge in [0.25, 0.3) is 0 Å².